The summed E-state index contributed by atoms with van der Waals surface area (Å²) in [6, 6.07) is 8.31. The van der Waals surface area contributed by atoms with Crippen molar-refractivity contribution < 1.29 is 9.47 Å². The Morgan fingerprint density at radius 1 is 1.15 bits per heavy atom. The Balaban J connectivity index is 1.86. The van der Waals surface area contributed by atoms with E-state index in [1.165, 1.54) is 0 Å². The van der Waals surface area contributed by atoms with E-state index in [1.54, 1.807) is 0 Å². The number of ether oxygens (including phenoxy) is 2. The van der Waals surface area contributed by atoms with E-state index in [9.17, 15) is 0 Å². The van der Waals surface area contributed by atoms with E-state index in [0.717, 1.165) is 35.0 Å². The molecule has 0 aliphatic carbocycles. The summed E-state index contributed by atoms with van der Waals surface area (Å²) in [7, 11) is 0. The third-order valence-electron chi connectivity index (χ3n) is 3.07. The second-order valence-electron chi connectivity index (χ2n) is 5.18. The van der Waals surface area contributed by atoms with Gasteiger partial charge in [-0.3, -0.25) is 5.10 Å². The fourth-order valence-electron chi connectivity index (χ4n) is 2.17. The zero-order valence-electron chi connectivity index (χ0n) is 11.8. The zero-order chi connectivity index (χ0) is 13.9. The van der Waals surface area contributed by atoms with Crippen LogP contribution in [-0.4, -0.2) is 29.5 Å². The highest BCUT2D eigenvalue weighted by molar-refractivity contribution is 5.66. The van der Waals surface area contributed by atoms with Gasteiger partial charge in [0.2, 0.25) is 0 Å². The number of nitrogens with one attached hydrogen (secondary N) is 2. The lowest BCUT2D eigenvalue weighted by Gasteiger charge is -2.08. The van der Waals surface area contributed by atoms with Gasteiger partial charge in [0, 0.05) is 24.1 Å². The van der Waals surface area contributed by atoms with Crippen LogP contribution in [0.1, 0.15) is 20.3 Å². The molecule has 106 valence electrons. The third kappa shape index (κ3) is 2.71. The predicted octanol–water partition coefficient (Wildman–Crippen LogP) is 3.06. The molecule has 0 atom stereocenters. The molecule has 0 fully saturated rings. The van der Waals surface area contributed by atoms with Gasteiger partial charge in [-0.25, -0.2) is 0 Å². The molecule has 0 saturated carbocycles. The SMILES string of the molecule is CC(C)Nc1cc(-c2ccc3c(c2)OCCCO3)[nH]n1. The molecule has 3 rings (SSSR count). The van der Waals surface area contributed by atoms with Gasteiger partial charge >= 0.3 is 0 Å². The van der Waals surface area contributed by atoms with E-state index in [4.69, 9.17) is 9.47 Å². The Morgan fingerprint density at radius 3 is 2.75 bits per heavy atom. The van der Waals surface area contributed by atoms with Crippen LogP contribution in [0.4, 0.5) is 5.82 Å². The number of hydrogen-bond acceptors (Lipinski definition) is 4. The largest absolute Gasteiger partial charge is 0.490 e. The maximum atomic E-state index is 5.71. The van der Waals surface area contributed by atoms with Gasteiger partial charge < -0.3 is 14.8 Å². The second-order valence-corrected chi connectivity index (χ2v) is 5.18. The number of aromatic amines is 1. The minimum atomic E-state index is 0.356. The quantitative estimate of drug-likeness (QED) is 0.902. The first-order valence-electron chi connectivity index (χ1n) is 6.94. The Morgan fingerprint density at radius 2 is 1.95 bits per heavy atom. The Bertz CT molecular complexity index is 593. The van der Waals surface area contributed by atoms with Gasteiger partial charge in [-0.1, -0.05) is 0 Å². The summed E-state index contributed by atoms with van der Waals surface area (Å²) >= 11 is 0. The van der Waals surface area contributed by atoms with Crippen LogP contribution in [0, 0.1) is 0 Å². The van der Waals surface area contributed by atoms with Gasteiger partial charge in [-0.15, -0.1) is 0 Å². The van der Waals surface area contributed by atoms with Crippen LogP contribution < -0.4 is 14.8 Å². The average Bonchev–Trinajstić information content (AvgIpc) is 2.74. The van der Waals surface area contributed by atoms with E-state index >= 15 is 0 Å². The van der Waals surface area contributed by atoms with Crippen LogP contribution in [0.5, 0.6) is 11.5 Å². The summed E-state index contributed by atoms with van der Waals surface area (Å²) < 4.78 is 11.3. The first-order valence-corrected chi connectivity index (χ1v) is 6.94. The van der Waals surface area contributed by atoms with E-state index in [2.05, 4.69) is 29.4 Å². The van der Waals surface area contributed by atoms with Gasteiger partial charge in [0.15, 0.2) is 11.5 Å². The predicted molar refractivity (Wildman–Crippen MR) is 78.4 cm³/mol. The smallest absolute Gasteiger partial charge is 0.161 e. The topological polar surface area (TPSA) is 59.2 Å². The Kier molecular flexibility index (Phi) is 3.50. The maximum Gasteiger partial charge on any atom is 0.161 e. The average molecular weight is 273 g/mol. The highest BCUT2D eigenvalue weighted by Crippen LogP contribution is 2.34. The molecular weight excluding hydrogens is 254 g/mol. The Labute approximate surface area is 118 Å². The molecule has 1 aromatic carbocycles. The van der Waals surface area contributed by atoms with Crippen molar-refractivity contribution in [3.63, 3.8) is 0 Å². The molecule has 1 aromatic heterocycles. The lowest BCUT2D eigenvalue weighted by molar-refractivity contribution is 0.297. The van der Waals surface area contributed by atoms with Crippen molar-refractivity contribution in [1.82, 2.24) is 10.2 Å². The van der Waals surface area contributed by atoms with Crippen LogP contribution in [-0.2, 0) is 0 Å². The summed E-state index contributed by atoms with van der Waals surface area (Å²) in [5, 5.41) is 10.6. The van der Waals surface area contributed by atoms with Crippen LogP contribution in [0.3, 0.4) is 0 Å². The molecule has 0 amide bonds. The molecule has 5 heteroatoms. The van der Waals surface area contributed by atoms with Crippen LogP contribution >= 0.6 is 0 Å². The number of fused-ring (bicyclic) bond motifs is 1. The molecule has 0 bridgehead atoms. The molecule has 0 saturated heterocycles. The number of anilines is 1. The van der Waals surface area contributed by atoms with Crippen molar-refractivity contribution >= 4 is 5.82 Å². The maximum absolute atomic E-state index is 5.71. The lowest BCUT2D eigenvalue weighted by Crippen LogP contribution is -2.09. The Hall–Kier alpha value is -2.17. The minimum absolute atomic E-state index is 0.356. The van der Waals surface area contributed by atoms with Crippen molar-refractivity contribution in [2.75, 3.05) is 18.5 Å². The fourth-order valence-corrected chi connectivity index (χ4v) is 2.17. The summed E-state index contributed by atoms with van der Waals surface area (Å²) in [6.07, 6.45) is 0.913. The number of benzene rings is 1. The van der Waals surface area contributed by atoms with Crippen molar-refractivity contribution in [3.8, 4) is 22.8 Å². The van der Waals surface area contributed by atoms with E-state index in [1.807, 2.05) is 24.3 Å². The summed E-state index contributed by atoms with van der Waals surface area (Å²) in [6.45, 7) is 5.57. The van der Waals surface area contributed by atoms with Crippen molar-refractivity contribution in [3.05, 3.63) is 24.3 Å². The monoisotopic (exact) mass is 273 g/mol. The number of nitrogens with zero attached hydrogens (tertiary/aromatic N) is 1. The zero-order valence-corrected chi connectivity index (χ0v) is 11.8. The molecule has 1 aliphatic heterocycles. The molecule has 5 nitrogen and oxygen atoms in total. The number of H-pyrrole nitrogens is 1. The molecule has 0 unspecified atom stereocenters. The molecule has 1 aliphatic rings. The van der Waals surface area contributed by atoms with Gasteiger partial charge in [-0.05, 0) is 32.0 Å². The number of rotatable bonds is 3. The highest BCUT2D eigenvalue weighted by atomic mass is 16.5. The molecular formula is C15H19N3O2. The van der Waals surface area contributed by atoms with Gasteiger partial charge in [0.25, 0.3) is 0 Å². The van der Waals surface area contributed by atoms with Gasteiger partial charge in [0.05, 0.1) is 18.9 Å². The number of aromatic nitrogens is 2. The summed E-state index contributed by atoms with van der Waals surface area (Å²) in [5.74, 6) is 2.46. The van der Waals surface area contributed by atoms with Crippen molar-refractivity contribution in [2.24, 2.45) is 0 Å². The normalized spacial score (nSPS) is 14.2. The first-order chi connectivity index (χ1) is 9.72. The molecule has 20 heavy (non-hydrogen) atoms. The van der Waals surface area contributed by atoms with Gasteiger partial charge in [-0.2, -0.15) is 5.10 Å². The summed E-state index contributed by atoms with van der Waals surface area (Å²) in [4.78, 5) is 0. The van der Waals surface area contributed by atoms with Crippen LogP contribution in [0.2, 0.25) is 0 Å². The standard InChI is InChI=1S/C15H19N3O2/c1-10(2)16-15-9-12(17-18-15)11-4-5-13-14(8-11)20-7-3-6-19-13/h4-5,8-10H,3,6-7H2,1-2H3,(H2,16,17,18). The van der Waals surface area contributed by atoms with Crippen molar-refractivity contribution in [1.29, 1.82) is 0 Å². The third-order valence-corrected chi connectivity index (χ3v) is 3.07. The van der Waals surface area contributed by atoms with E-state index in [0.29, 0.717) is 19.3 Å². The second kappa shape index (κ2) is 5.45. The molecule has 2 heterocycles. The fraction of sp³-hybridized carbons (Fsp3) is 0.400. The summed E-state index contributed by atoms with van der Waals surface area (Å²) in [5.41, 5.74) is 2.00. The number of hydrogen-bond donors (Lipinski definition) is 2. The molecule has 0 radical (unpaired) electrons. The van der Waals surface area contributed by atoms with E-state index in [-0.39, 0.29) is 0 Å². The molecule has 2 N–H and O–H groups in total. The molecule has 2 aromatic rings. The highest BCUT2D eigenvalue weighted by Gasteiger charge is 2.12. The lowest BCUT2D eigenvalue weighted by atomic mass is 10.1. The van der Waals surface area contributed by atoms with Crippen LogP contribution in [0.25, 0.3) is 11.3 Å². The van der Waals surface area contributed by atoms with E-state index < -0.39 is 0 Å². The van der Waals surface area contributed by atoms with Crippen molar-refractivity contribution in [2.45, 2.75) is 26.3 Å². The van der Waals surface area contributed by atoms with Gasteiger partial charge in [0.1, 0.15) is 5.82 Å². The van der Waals surface area contributed by atoms with Crippen LogP contribution in [0.15, 0.2) is 24.3 Å². The molecule has 0 spiro atoms. The first kappa shape index (κ1) is 12.8. The minimum Gasteiger partial charge on any atom is -0.490 e.